The summed E-state index contributed by atoms with van der Waals surface area (Å²) < 4.78 is 6.91. The molecule has 0 saturated heterocycles. The number of fused-ring (bicyclic) bond motifs is 1. The SMILES string of the molecule is Cc1cc(C(C)(C)C)c(Cl)cc1-c1cc(OCc2ccccc2)c2c[n+]([O-])ccc2n1. The van der Waals surface area contributed by atoms with Gasteiger partial charge in [-0.05, 0) is 35.1 Å². The van der Waals surface area contributed by atoms with Crippen molar-refractivity contribution in [2.45, 2.75) is 39.7 Å². The molecule has 0 atom stereocenters. The molecule has 0 spiro atoms. The van der Waals surface area contributed by atoms with Gasteiger partial charge in [0.1, 0.15) is 17.7 Å². The number of pyridine rings is 2. The maximum absolute atomic E-state index is 11.9. The van der Waals surface area contributed by atoms with E-state index >= 15 is 0 Å². The first-order chi connectivity index (χ1) is 14.7. The largest absolute Gasteiger partial charge is 0.619 e. The second-order valence-corrected chi connectivity index (χ2v) is 9.19. The summed E-state index contributed by atoms with van der Waals surface area (Å²) >= 11 is 6.65. The quantitative estimate of drug-likeness (QED) is 0.278. The molecule has 158 valence electrons. The standard InChI is InChI=1S/C26H25ClN2O2/c1-17-12-21(26(2,3)4)22(27)13-19(17)24-14-25(31-16-18-8-6-5-7-9-18)20-15-29(30)11-10-23(20)28-24/h5-15H,16H2,1-4H3. The number of aromatic nitrogens is 2. The van der Waals surface area contributed by atoms with Crippen LogP contribution in [0.15, 0.2) is 67.0 Å². The number of benzene rings is 2. The molecule has 0 radical (unpaired) electrons. The summed E-state index contributed by atoms with van der Waals surface area (Å²) in [5.41, 5.74) is 5.59. The summed E-state index contributed by atoms with van der Waals surface area (Å²) in [5, 5.41) is 13.3. The van der Waals surface area contributed by atoms with Crippen molar-refractivity contribution >= 4 is 22.5 Å². The fraction of sp³-hybridized carbons (Fsp3) is 0.231. The molecule has 0 aliphatic carbocycles. The van der Waals surface area contributed by atoms with Crippen molar-refractivity contribution in [1.82, 2.24) is 4.98 Å². The average Bonchev–Trinajstić information content (AvgIpc) is 2.73. The van der Waals surface area contributed by atoms with Crippen molar-refractivity contribution in [3.63, 3.8) is 0 Å². The minimum Gasteiger partial charge on any atom is -0.619 e. The number of ether oxygens (including phenoxy) is 1. The number of hydrogen-bond acceptors (Lipinski definition) is 3. The lowest BCUT2D eigenvalue weighted by Crippen LogP contribution is -2.24. The summed E-state index contributed by atoms with van der Waals surface area (Å²) in [7, 11) is 0. The Morgan fingerprint density at radius 3 is 2.52 bits per heavy atom. The van der Waals surface area contributed by atoms with Gasteiger partial charge in [-0.2, -0.15) is 4.73 Å². The van der Waals surface area contributed by atoms with Gasteiger partial charge in [-0.25, -0.2) is 4.98 Å². The van der Waals surface area contributed by atoms with Gasteiger partial charge in [0.25, 0.3) is 0 Å². The molecular formula is C26H25ClN2O2. The molecular weight excluding hydrogens is 408 g/mol. The summed E-state index contributed by atoms with van der Waals surface area (Å²) in [6.45, 7) is 8.91. The minimum absolute atomic E-state index is 0.0527. The summed E-state index contributed by atoms with van der Waals surface area (Å²) in [4.78, 5) is 4.81. The molecule has 4 aromatic rings. The second-order valence-electron chi connectivity index (χ2n) is 8.78. The third kappa shape index (κ3) is 4.49. The molecule has 31 heavy (non-hydrogen) atoms. The lowest BCUT2D eigenvalue weighted by molar-refractivity contribution is -0.603. The molecule has 0 unspecified atom stereocenters. The van der Waals surface area contributed by atoms with Crippen molar-refractivity contribution in [3.8, 4) is 17.0 Å². The van der Waals surface area contributed by atoms with Gasteiger partial charge < -0.3 is 9.94 Å². The topological polar surface area (TPSA) is 49.1 Å². The van der Waals surface area contributed by atoms with E-state index in [1.54, 1.807) is 6.07 Å². The number of hydrogen-bond donors (Lipinski definition) is 0. The smallest absolute Gasteiger partial charge is 0.193 e. The summed E-state index contributed by atoms with van der Waals surface area (Å²) in [5.74, 6) is 0.615. The average molecular weight is 433 g/mol. The molecule has 0 bridgehead atoms. The van der Waals surface area contributed by atoms with E-state index in [1.165, 1.54) is 12.4 Å². The molecule has 0 saturated carbocycles. The first kappa shape index (κ1) is 21.1. The summed E-state index contributed by atoms with van der Waals surface area (Å²) in [6, 6.07) is 17.6. The number of halogens is 1. The van der Waals surface area contributed by atoms with Gasteiger partial charge in [-0.15, -0.1) is 0 Å². The van der Waals surface area contributed by atoms with Crippen molar-refractivity contribution in [2.75, 3.05) is 0 Å². The van der Waals surface area contributed by atoms with Crippen molar-refractivity contribution in [1.29, 1.82) is 0 Å². The third-order valence-electron chi connectivity index (χ3n) is 5.32. The van der Waals surface area contributed by atoms with Crippen LogP contribution in [-0.2, 0) is 12.0 Å². The molecule has 0 N–H and O–H groups in total. The fourth-order valence-electron chi connectivity index (χ4n) is 3.65. The molecule has 2 heterocycles. The molecule has 5 heteroatoms. The number of rotatable bonds is 4. The highest BCUT2D eigenvalue weighted by molar-refractivity contribution is 6.31. The Hall–Kier alpha value is -3.11. The first-order valence-corrected chi connectivity index (χ1v) is 10.6. The van der Waals surface area contributed by atoms with Gasteiger partial charge in [0.15, 0.2) is 12.4 Å². The zero-order valence-corrected chi connectivity index (χ0v) is 18.9. The fourth-order valence-corrected chi connectivity index (χ4v) is 4.09. The van der Waals surface area contributed by atoms with Crippen molar-refractivity contribution in [3.05, 3.63) is 93.9 Å². The Morgan fingerprint density at radius 2 is 1.81 bits per heavy atom. The van der Waals surface area contributed by atoms with Crippen LogP contribution in [0.5, 0.6) is 5.75 Å². The molecule has 4 nitrogen and oxygen atoms in total. The highest BCUT2D eigenvalue weighted by atomic mass is 35.5. The molecule has 0 aliphatic heterocycles. The van der Waals surface area contributed by atoms with Gasteiger partial charge in [0.2, 0.25) is 0 Å². The lowest BCUT2D eigenvalue weighted by Gasteiger charge is -2.22. The van der Waals surface area contributed by atoms with E-state index < -0.39 is 0 Å². The maximum Gasteiger partial charge on any atom is 0.193 e. The van der Waals surface area contributed by atoms with Crippen LogP contribution in [0.4, 0.5) is 0 Å². The monoisotopic (exact) mass is 432 g/mol. The second kappa shape index (κ2) is 8.20. The van der Waals surface area contributed by atoms with Crippen LogP contribution in [0, 0.1) is 12.1 Å². The Morgan fingerprint density at radius 1 is 1.06 bits per heavy atom. The van der Waals surface area contributed by atoms with Crippen LogP contribution in [0.3, 0.4) is 0 Å². The predicted octanol–water partition coefficient (Wildman–Crippen LogP) is 6.37. The Kier molecular flexibility index (Phi) is 5.59. The van der Waals surface area contributed by atoms with E-state index in [9.17, 15) is 5.21 Å². The van der Waals surface area contributed by atoms with E-state index in [0.717, 1.165) is 32.7 Å². The molecule has 0 amide bonds. The van der Waals surface area contributed by atoms with Crippen LogP contribution in [0.2, 0.25) is 5.02 Å². The highest BCUT2D eigenvalue weighted by Gasteiger charge is 2.20. The van der Waals surface area contributed by atoms with Crippen LogP contribution in [-0.4, -0.2) is 4.98 Å². The van der Waals surface area contributed by atoms with E-state index in [0.29, 0.717) is 28.3 Å². The zero-order valence-electron chi connectivity index (χ0n) is 18.1. The summed E-state index contributed by atoms with van der Waals surface area (Å²) in [6.07, 6.45) is 2.94. The third-order valence-corrected chi connectivity index (χ3v) is 5.63. The van der Waals surface area contributed by atoms with Gasteiger partial charge in [-0.3, -0.25) is 0 Å². The van der Waals surface area contributed by atoms with Gasteiger partial charge >= 0.3 is 0 Å². The number of nitrogens with zero attached hydrogens (tertiary/aromatic N) is 2. The predicted molar refractivity (Wildman–Crippen MR) is 125 cm³/mol. The van der Waals surface area contributed by atoms with Gasteiger partial charge in [-0.1, -0.05) is 68.8 Å². The Balaban J connectivity index is 1.82. The maximum atomic E-state index is 11.9. The molecule has 4 rings (SSSR count). The van der Waals surface area contributed by atoms with E-state index in [4.69, 9.17) is 21.3 Å². The molecule has 2 aromatic carbocycles. The minimum atomic E-state index is -0.0527. The van der Waals surface area contributed by atoms with Crippen LogP contribution in [0.1, 0.15) is 37.5 Å². The normalized spacial score (nSPS) is 11.6. The van der Waals surface area contributed by atoms with Crippen LogP contribution in [0.25, 0.3) is 22.2 Å². The lowest BCUT2D eigenvalue weighted by atomic mass is 9.85. The van der Waals surface area contributed by atoms with Gasteiger partial charge in [0.05, 0.1) is 11.2 Å². The van der Waals surface area contributed by atoms with Crippen LogP contribution >= 0.6 is 11.6 Å². The van der Waals surface area contributed by atoms with Crippen LogP contribution < -0.4 is 9.47 Å². The molecule has 2 aromatic heterocycles. The number of aryl methyl sites for hydroxylation is 1. The Bertz CT molecular complexity index is 1250. The molecule has 0 fully saturated rings. The first-order valence-electron chi connectivity index (χ1n) is 10.2. The Labute approximate surface area is 187 Å². The van der Waals surface area contributed by atoms with E-state index in [-0.39, 0.29) is 5.41 Å². The zero-order chi connectivity index (χ0) is 22.2. The van der Waals surface area contributed by atoms with E-state index in [1.807, 2.05) is 42.5 Å². The van der Waals surface area contributed by atoms with Gasteiger partial charge in [0, 0.05) is 22.7 Å². The highest BCUT2D eigenvalue weighted by Crippen LogP contribution is 2.37. The van der Waals surface area contributed by atoms with E-state index in [2.05, 4.69) is 33.8 Å². The molecule has 0 aliphatic rings. The van der Waals surface area contributed by atoms with Crippen molar-refractivity contribution in [2.24, 2.45) is 0 Å². The van der Waals surface area contributed by atoms with Crippen molar-refractivity contribution < 1.29 is 9.47 Å².